The largest absolute Gasteiger partial charge is 0.484 e. The van der Waals surface area contributed by atoms with Crippen LogP contribution < -0.4 is 10.1 Å². The number of carbonyl (C=O) groups excluding carboxylic acids is 1. The molecule has 1 atom stereocenters. The molecule has 0 fully saturated rings. The lowest BCUT2D eigenvalue weighted by Crippen LogP contribution is -2.32. The summed E-state index contributed by atoms with van der Waals surface area (Å²) in [5.41, 5.74) is 1.07. The summed E-state index contributed by atoms with van der Waals surface area (Å²) >= 11 is 0. The highest BCUT2D eigenvalue weighted by Gasteiger charge is 2.12. The lowest BCUT2D eigenvalue weighted by Gasteiger charge is -2.17. The van der Waals surface area contributed by atoms with Gasteiger partial charge in [-0.3, -0.25) is 4.79 Å². The van der Waals surface area contributed by atoms with Crippen LogP contribution >= 0.6 is 0 Å². The average Bonchev–Trinajstić information content (AvgIpc) is 2.59. The maximum Gasteiger partial charge on any atom is 0.257 e. The molecule has 122 valence electrons. The smallest absolute Gasteiger partial charge is 0.257 e. The molecule has 2 rings (SSSR count). The van der Waals surface area contributed by atoms with Crippen molar-refractivity contribution in [2.24, 2.45) is 0 Å². The summed E-state index contributed by atoms with van der Waals surface area (Å²) in [7, 11) is 0. The first-order valence-electron chi connectivity index (χ1n) is 7.50. The third kappa shape index (κ3) is 5.71. The minimum absolute atomic E-state index is 0.0518. The Morgan fingerprint density at radius 2 is 1.83 bits per heavy atom. The van der Waals surface area contributed by atoms with Crippen molar-refractivity contribution in [3.63, 3.8) is 0 Å². The van der Waals surface area contributed by atoms with Crippen molar-refractivity contribution < 1.29 is 19.0 Å². The summed E-state index contributed by atoms with van der Waals surface area (Å²) in [5.74, 6) is -0.114. The maximum absolute atomic E-state index is 12.8. The number of rotatable bonds is 8. The molecule has 0 aliphatic rings. The number of hydrogen-bond acceptors (Lipinski definition) is 3. The highest BCUT2D eigenvalue weighted by atomic mass is 19.1. The fourth-order valence-electron chi connectivity index (χ4n) is 2.24. The van der Waals surface area contributed by atoms with Crippen molar-refractivity contribution in [1.82, 2.24) is 5.32 Å². The van der Waals surface area contributed by atoms with Gasteiger partial charge in [-0.1, -0.05) is 30.3 Å². The van der Waals surface area contributed by atoms with Gasteiger partial charge in [-0.05, 0) is 36.2 Å². The Morgan fingerprint density at radius 3 is 2.48 bits per heavy atom. The van der Waals surface area contributed by atoms with Crippen molar-refractivity contribution in [2.75, 3.05) is 19.8 Å². The molecule has 2 aromatic carbocycles. The summed E-state index contributed by atoms with van der Waals surface area (Å²) in [5, 5.41) is 12.0. The quantitative estimate of drug-likeness (QED) is 0.786. The zero-order valence-electron chi connectivity index (χ0n) is 12.7. The van der Waals surface area contributed by atoms with Crippen LogP contribution in [0.2, 0.25) is 0 Å². The second-order valence-corrected chi connectivity index (χ2v) is 5.17. The first-order chi connectivity index (χ1) is 11.2. The Kier molecular flexibility index (Phi) is 6.56. The Morgan fingerprint density at radius 1 is 1.13 bits per heavy atom. The van der Waals surface area contributed by atoms with E-state index in [9.17, 15) is 9.18 Å². The molecule has 5 heteroatoms. The van der Waals surface area contributed by atoms with E-state index >= 15 is 0 Å². The van der Waals surface area contributed by atoms with Gasteiger partial charge in [0.2, 0.25) is 0 Å². The number of benzene rings is 2. The van der Waals surface area contributed by atoms with Crippen molar-refractivity contribution in [1.29, 1.82) is 0 Å². The van der Waals surface area contributed by atoms with Gasteiger partial charge in [0.25, 0.3) is 5.91 Å². The van der Waals surface area contributed by atoms with E-state index < -0.39 is 0 Å². The third-order valence-corrected chi connectivity index (χ3v) is 3.48. The van der Waals surface area contributed by atoms with E-state index in [4.69, 9.17) is 9.84 Å². The zero-order chi connectivity index (χ0) is 16.5. The van der Waals surface area contributed by atoms with Crippen LogP contribution in [0.25, 0.3) is 0 Å². The molecular weight excluding hydrogens is 297 g/mol. The van der Waals surface area contributed by atoms with Gasteiger partial charge in [-0.25, -0.2) is 4.39 Å². The summed E-state index contributed by atoms with van der Waals surface area (Å²) < 4.78 is 18.1. The molecule has 1 unspecified atom stereocenters. The second-order valence-electron chi connectivity index (χ2n) is 5.17. The lowest BCUT2D eigenvalue weighted by molar-refractivity contribution is -0.123. The number of halogens is 1. The first-order valence-corrected chi connectivity index (χ1v) is 7.50. The van der Waals surface area contributed by atoms with Crippen LogP contribution in [0.15, 0.2) is 54.6 Å². The van der Waals surface area contributed by atoms with Gasteiger partial charge >= 0.3 is 0 Å². The summed E-state index contributed by atoms with van der Waals surface area (Å²) in [6.07, 6.45) is 0.573. The molecule has 0 bridgehead atoms. The Hall–Kier alpha value is -2.40. The number of aliphatic hydroxyl groups is 1. The number of amides is 1. The maximum atomic E-state index is 12.8. The molecule has 0 spiro atoms. The minimum Gasteiger partial charge on any atom is -0.484 e. The molecule has 0 aromatic heterocycles. The summed E-state index contributed by atoms with van der Waals surface area (Å²) in [6.45, 7) is 0.351. The average molecular weight is 317 g/mol. The topological polar surface area (TPSA) is 58.6 Å². The molecule has 23 heavy (non-hydrogen) atoms. The summed E-state index contributed by atoms with van der Waals surface area (Å²) in [6, 6.07) is 15.2. The Bertz CT molecular complexity index is 601. The van der Waals surface area contributed by atoms with E-state index in [0.29, 0.717) is 18.7 Å². The van der Waals surface area contributed by atoms with E-state index in [2.05, 4.69) is 5.32 Å². The molecule has 0 heterocycles. The number of carbonyl (C=O) groups is 1. The van der Waals surface area contributed by atoms with Crippen LogP contribution in [0, 0.1) is 5.82 Å². The van der Waals surface area contributed by atoms with Crippen LogP contribution in [-0.4, -0.2) is 30.8 Å². The molecule has 0 aliphatic heterocycles. The van der Waals surface area contributed by atoms with Crippen molar-refractivity contribution in [2.45, 2.75) is 12.3 Å². The number of aliphatic hydroxyl groups excluding tert-OH is 1. The number of nitrogens with one attached hydrogen (secondary N) is 1. The summed E-state index contributed by atoms with van der Waals surface area (Å²) in [4.78, 5) is 11.9. The highest BCUT2D eigenvalue weighted by molar-refractivity contribution is 5.77. The van der Waals surface area contributed by atoms with Crippen LogP contribution in [0.1, 0.15) is 17.9 Å². The fraction of sp³-hybridized carbons (Fsp3) is 0.278. The van der Waals surface area contributed by atoms with Gasteiger partial charge in [0.15, 0.2) is 6.61 Å². The zero-order valence-corrected chi connectivity index (χ0v) is 12.7. The second kappa shape index (κ2) is 8.90. The van der Waals surface area contributed by atoms with Crippen LogP contribution in [-0.2, 0) is 4.79 Å². The first kappa shape index (κ1) is 17.0. The predicted molar refractivity (Wildman–Crippen MR) is 85.8 cm³/mol. The highest BCUT2D eigenvalue weighted by Crippen LogP contribution is 2.18. The lowest BCUT2D eigenvalue weighted by atomic mass is 9.96. The van der Waals surface area contributed by atoms with Gasteiger partial charge in [-0.2, -0.15) is 0 Å². The van der Waals surface area contributed by atoms with Crippen LogP contribution in [0.3, 0.4) is 0 Å². The van der Waals surface area contributed by atoms with E-state index in [1.165, 1.54) is 24.3 Å². The fourth-order valence-corrected chi connectivity index (χ4v) is 2.24. The van der Waals surface area contributed by atoms with Gasteiger partial charge < -0.3 is 15.2 Å². The van der Waals surface area contributed by atoms with Crippen molar-refractivity contribution >= 4 is 5.91 Å². The van der Waals surface area contributed by atoms with E-state index in [-0.39, 0.29) is 30.9 Å². The van der Waals surface area contributed by atoms with Gasteiger partial charge in [0, 0.05) is 19.1 Å². The van der Waals surface area contributed by atoms with Gasteiger partial charge in [-0.15, -0.1) is 0 Å². The molecule has 0 saturated carbocycles. The van der Waals surface area contributed by atoms with Gasteiger partial charge in [0.05, 0.1) is 0 Å². The Balaban J connectivity index is 1.80. The van der Waals surface area contributed by atoms with Crippen LogP contribution in [0.5, 0.6) is 5.75 Å². The number of ether oxygens (including phenoxy) is 1. The molecule has 2 N–H and O–H groups in total. The molecule has 2 aromatic rings. The van der Waals surface area contributed by atoms with Crippen LogP contribution in [0.4, 0.5) is 4.39 Å². The van der Waals surface area contributed by atoms with E-state index in [1.807, 2.05) is 30.3 Å². The third-order valence-electron chi connectivity index (χ3n) is 3.48. The van der Waals surface area contributed by atoms with Gasteiger partial charge in [0.1, 0.15) is 11.6 Å². The normalized spacial score (nSPS) is 11.7. The Labute approximate surface area is 134 Å². The minimum atomic E-state index is -0.350. The van der Waals surface area contributed by atoms with E-state index in [1.54, 1.807) is 0 Å². The van der Waals surface area contributed by atoms with Crippen molar-refractivity contribution in [3.05, 3.63) is 66.0 Å². The molecule has 1 amide bonds. The standard InChI is InChI=1S/C18H20FNO3/c19-16-6-8-17(9-7-16)23-13-18(22)20-12-15(10-11-21)14-4-2-1-3-5-14/h1-9,15,21H,10-13H2,(H,20,22). The molecule has 0 aliphatic carbocycles. The SMILES string of the molecule is O=C(COc1ccc(F)cc1)NCC(CCO)c1ccccc1. The molecule has 0 saturated heterocycles. The number of hydrogen-bond donors (Lipinski definition) is 2. The monoisotopic (exact) mass is 317 g/mol. The predicted octanol–water partition coefficient (Wildman–Crippen LogP) is 2.49. The van der Waals surface area contributed by atoms with E-state index in [0.717, 1.165) is 5.56 Å². The molecule has 4 nitrogen and oxygen atoms in total. The molecule has 0 radical (unpaired) electrons. The van der Waals surface area contributed by atoms with Crippen molar-refractivity contribution in [3.8, 4) is 5.75 Å². The molecular formula is C18H20FNO3.